The first-order valence-corrected chi connectivity index (χ1v) is 6.14. The second-order valence-corrected chi connectivity index (χ2v) is 4.87. The molecule has 4 nitrogen and oxygen atoms in total. The lowest BCUT2D eigenvalue weighted by Crippen LogP contribution is -2.46. The zero-order chi connectivity index (χ0) is 12.2. The van der Waals surface area contributed by atoms with E-state index in [1.165, 1.54) is 13.3 Å². The minimum absolute atomic E-state index is 0.0377. The van der Waals surface area contributed by atoms with Crippen LogP contribution in [0.3, 0.4) is 0 Å². The van der Waals surface area contributed by atoms with E-state index in [4.69, 9.17) is 10.5 Å². The van der Waals surface area contributed by atoms with Crippen molar-refractivity contribution in [3.63, 3.8) is 0 Å². The Hall–Kier alpha value is -0.610. The first-order valence-electron chi connectivity index (χ1n) is 6.14. The Balaban J connectivity index is 2.54. The Kier molecular flexibility index (Phi) is 4.74. The maximum atomic E-state index is 11.7. The quantitative estimate of drug-likeness (QED) is 0.711. The minimum atomic E-state index is -1.55. The van der Waals surface area contributed by atoms with E-state index in [-0.39, 0.29) is 12.6 Å². The number of esters is 1. The van der Waals surface area contributed by atoms with Gasteiger partial charge in [0.2, 0.25) is 0 Å². The Morgan fingerprint density at radius 3 is 2.69 bits per heavy atom. The molecule has 0 aromatic carbocycles. The lowest BCUT2D eigenvalue weighted by atomic mass is 9.84. The first-order chi connectivity index (χ1) is 7.51. The highest BCUT2D eigenvalue weighted by Crippen LogP contribution is 2.29. The van der Waals surface area contributed by atoms with Gasteiger partial charge in [-0.05, 0) is 38.5 Å². The summed E-state index contributed by atoms with van der Waals surface area (Å²) in [4.78, 5) is 11.7. The van der Waals surface area contributed by atoms with Crippen LogP contribution in [0.5, 0.6) is 0 Å². The van der Waals surface area contributed by atoms with E-state index in [1.54, 1.807) is 0 Å². The molecule has 1 aliphatic rings. The fraction of sp³-hybridized carbons (Fsp3) is 0.917. The summed E-state index contributed by atoms with van der Waals surface area (Å²) in [5.74, 6) is -0.147. The third-order valence-electron chi connectivity index (χ3n) is 3.46. The number of carbonyl (C=O) groups excluding carboxylic acids is 1. The Morgan fingerprint density at radius 1 is 1.50 bits per heavy atom. The lowest BCUT2D eigenvalue weighted by molar-refractivity contribution is -0.172. The molecule has 0 aromatic heterocycles. The van der Waals surface area contributed by atoms with Gasteiger partial charge in [-0.25, -0.2) is 4.79 Å². The van der Waals surface area contributed by atoms with E-state index in [1.807, 2.05) is 0 Å². The van der Waals surface area contributed by atoms with Crippen LogP contribution in [-0.2, 0) is 9.53 Å². The molecule has 3 N–H and O–H groups in total. The van der Waals surface area contributed by atoms with Gasteiger partial charge in [-0.3, -0.25) is 0 Å². The molecule has 16 heavy (non-hydrogen) atoms. The molecule has 4 heteroatoms. The molecule has 1 saturated carbocycles. The van der Waals surface area contributed by atoms with E-state index < -0.39 is 11.6 Å². The second kappa shape index (κ2) is 5.64. The van der Waals surface area contributed by atoms with Crippen LogP contribution in [0.2, 0.25) is 0 Å². The molecule has 3 unspecified atom stereocenters. The van der Waals surface area contributed by atoms with Gasteiger partial charge >= 0.3 is 5.97 Å². The summed E-state index contributed by atoms with van der Waals surface area (Å²) in [6.45, 7) is 3.41. The predicted octanol–water partition coefficient (Wildman–Crippen LogP) is 1.21. The van der Waals surface area contributed by atoms with Crippen LogP contribution in [0.4, 0.5) is 0 Å². The Bertz CT molecular complexity index is 240. The summed E-state index contributed by atoms with van der Waals surface area (Å²) in [7, 11) is 0. The van der Waals surface area contributed by atoms with Crippen molar-refractivity contribution in [2.24, 2.45) is 11.7 Å². The summed E-state index contributed by atoms with van der Waals surface area (Å²) in [5, 5.41) is 9.68. The van der Waals surface area contributed by atoms with Crippen LogP contribution in [0.1, 0.15) is 46.0 Å². The summed E-state index contributed by atoms with van der Waals surface area (Å²) >= 11 is 0. The molecule has 1 fully saturated rings. The van der Waals surface area contributed by atoms with Crippen molar-refractivity contribution in [2.75, 3.05) is 6.54 Å². The first kappa shape index (κ1) is 13.5. The smallest absolute Gasteiger partial charge is 0.339 e. The van der Waals surface area contributed by atoms with Gasteiger partial charge < -0.3 is 15.6 Å². The maximum absolute atomic E-state index is 11.7. The second-order valence-electron chi connectivity index (χ2n) is 4.87. The van der Waals surface area contributed by atoms with Gasteiger partial charge in [0.05, 0.1) is 0 Å². The zero-order valence-corrected chi connectivity index (χ0v) is 10.2. The number of nitrogens with two attached hydrogens (primary N) is 1. The molecule has 1 aliphatic carbocycles. The topological polar surface area (TPSA) is 72.5 Å². The predicted molar refractivity (Wildman–Crippen MR) is 61.8 cm³/mol. The molecule has 0 spiro atoms. The average Bonchev–Trinajstić information content (AvgIpc) is 2.29. The summed E-state index contributed by atoms with van der Waals surface area (Å²) in [6, 6.07) is 0. The number of rotatable bonds is 4. The van der Waals surface area contributed by atoms with Crippen molar-refractivity contribution in [3.8, 4) is 0 Å². The maximum Gasteiger partial charge on any atom is 0.339 e. The summed E-state index contributed by atoms with van der Waals surface area (Å²) in [6.07, 6.45) is 5.30. The molecule has 1 rings (SSSR count). The highest BCUT2D eigenvalue weighted by molar-refractivity contribution is 5.79. The van der Waals surface area contributed by atoms with Crippen LogP contribution >= 0.6 is 0 Å². The van der Waals surface area contributed by atoms with Gasteiger partial charge in [0.15, 0.2) is 5.60 Å². The van der Waals surface area contributed by atoms with Crippen molar-refractivity contribution < 1.29 is 14.6 Å². The number of hydrogen-bond donors (Lipinski definition) is 2. The largest absolute Gasteiger partial charge is 0.460 e. The van der Waals surface area contributed by atoms with Gasteiger partial charge in [-0.2, -0.15) is 0 Å². The van der Waals surface area contributed by atoms with Crippen molar-refractivity contribution >= 4 is 5.97 Å². The molecule has 3 atom stereocenters. The van der Waals surface area contributed by atoms with Crippen molar-refractivity contribution in [2.45, 2.75) is 57.7 Å². The van der Waals surface area contributed by atoms with Gasteiger partial charge in [-0.1, -0.05) is 13.3 Å². The van der Waals surface area contributed by atoms with Crippen LogP contribution in [0.15, 0.2) is 0 Å². The SMILES string of the molecule is CCC1CCCCC1OC(=O)C(C)(O)CN. The van der Waals surface area contributed by atoms with Crippen LogP contribution in [0, 0.1) is 5.92 Å². The molecular weight excluding hydrogens is 206 g/mol. The van der Waals surface area contributed by atoms with E-state index in [0.29, 0.717) is 5.92 Å². The van der Waals surface area contributed by atoms with Crippen molar-refractivity contribution in [3.05, 3.63) is 0 Å². The van der Waals surface area contributed by atoms with E-state index in [9.17, 15) is 9.90 Å². The van der Waals surface area contributed by atoms with E-state index in [0.717, 1.165) is 25.7 Å². The normalized spacial score (nSPS) is 29.5. The fourth-order valence-corrected chi connectivity index (χ4v) is 2.14. The molecule has 0 aliphatic heterocycles. The molecule has 0 bridgehead atoms. The van der Waals surface area contributed by atoms with Crippen molar-refractivity contribution in [1.82, 2.24) is 0 Å². The molecule has 0 heterocycles. The molecule has 0 saturated heterocycles. The molecular formula is C12H23NO3. The average molecular weight is 229 g/mol. The third-order valence-corrected chi connectivity index (χ3v) is 3.46. The molecule has 0 amide bonds. The Labute approximate surface area is 97.2 Å². The Morgan fingerprint density at radius 2 is 2.12 bits per heavy atom. The number of ether oxygens (including phenoxy) is 1. The number of aliphatic hydroxyl groups is 1. The standard InChI is InChI=1S/C12H23NO3/c1-3-9-6-4-5-7-10(9)16-11(14)12(2,15)8-13/h9-10,15H,3-8,13H2,1-2H3. The van der Waals surface area contributed by atoms with Gasteiger partial charge in [-0.15, -0.1) is 0 Å². The van der Waals surface area contributed by atoms with Crippen LogP contribution in [-0.4, -0.2) is 29.3 Å². The van der Waals surface area contributed by atoms with E-state index in [2.05, 4.69) is 6.92 Å². The number of carbonyl (C=O) groups is 1. The van der Waals surface area contributed by atoms with E-state index >= 15 is 0 Å². The van der Waals surface area contributed by atoms with Crippen LogP contribution < -0.4 is 5.73 Å². The fourth-order valence-electron chi connectivity index (χ4n) is 2.14. The van der Waals surface area contributed by atoms with Crippen LogP contribution in [0.25, 0.3) is 0 Å². The minimum Gasteiger partial charge on any atom is -0.460 e. The highest BCUT2D eigenvalue weighted by Gasteiger charge is 2.35. The zero-order valence-electron chi connectivity index (χ0n) is 10.2. The lowest BCUT2D eigenvalue weighted by Gasteiger charge is -2.32. The van der Waals surface area contributed by atoms with Crippen molar-refractivity contribution in [1.29, 1.82) is 0 Å². The number of hydrogen-bond acceptors (Lipinski definition) is 4. The molecule has 0 aromatic rings. The van der Waals surface area contributed by atoms with Gasteiger partial charge in [0, 0.05) is 6.54 Å². The van der Waals surface area contributed by atoms with Gasteiger partial charge in [0.25, 0.3) is 0 Å². The molecule has 94 valence electrons. The highest BCUT2D eigenvalue weighted by atomic mass is 16.6. The molecule has 0 radical (unpaired) electrons. The monoisotopic (exact) mass is 229 g/mol. The van der Waals surface area contributed by atoms with Gasteiger partial charge in [0.1, 0.15) is 6.10 Å². The summed E-state index contributed by atoms with van der Waals surface area (Å²) < 4.78 is 5.38. The third kappa shape index (κ3) is 3.19. The summed E-state index contributed by atoms with van der Waals surface area (Å²) in [5.41, 5.74) is 3.78.